The third kappa shape index (κ3) is 2.08. The van der Waals surface area contributed by atoms with Crippen molar-refractivity contribution in [2.75, 3.05) is 0 Å². The van der Waals surface area contributed by atoms with Gasteiger partial charge in [-0.15, -0.1) is 0 Å². The SMILES string of the molecule is CC(C)Cn1cccc1C(N)=S. The Morgan fingerprint density at radius 2 is 2.33 bits per heavy atom. The van der Waals surface area contributed by atoms with Gasteiger partial charge in [0.1, 0.15) is 4.99 Å². The van der Waals surface area contributed by atoms with Gasteiger partial charge in [0.2, 0.25) is 0 Å². The summed E-state index contributed by atoms with van der Waals surface area (Å²) in [4.78, 5) is 0.473. The minimum absolute atomic E-state index is 0.473. The Bertz CT molecular complexity index is 276. The number of nitrogens with two attached hydrogens (primary N) is 1. The van der Waals surface area contributed by atoms with E-state index >= 15 is 0 Å². The monoisotopic (exact) mass is 182 g/mol. The highest BCUT2D eigenvalue weighted by Gasteiger charge is 2.03. The van der Waals surface area contributed by atoms with Gasteiger partial charge in [-0.3, -0.25) is 0 Å². The van der Waals surface area contributed by atoms with Crippen LogP contribution in [0, 0.1) is 5.92 Å². The maximum atomic E-state index is 5.55. The number of thiocarbonyl (C=S) groups is 1. The first-order valence-corrected chi connectivity index (χ1v) is 4.47. The summed E-state index contributed by atoms with van der Waals surface area (Å²) in [5, 5.41) is 0. The van der Waals surface area contributed by atoms with E-state index in [0.717, 1.165) is 12.2 Å². The second-order valence-electron chi connectivity index (χ2n) is 3.30. The Kier molecular flexibility index (Phi) is 2.87. The van der Waals surface area contributed by atoms with Gasteiger partial charge < -0.3 is 10.3 Å². The normalized spacial score (nSPS) is 10.6. The Labute approximate surface area is 78.4 Å². The first kappa shape index (κ1) is 9.26. The molecule has 2 N–H and O–H groups in total. The Balaban J connectivity index is 2.84. The molecule has 1 rings (SSSR count). The number of aromatic nitrogens is 1. The molecule has 0 fully saturated rings. The van der Waals surface area contributed by atoms with E-state index in [1.54, 1.807) is 0 Å². The van der Waals surface area contributed by atoms with Crippen LogP contribution in [0.15, 0.2) is 18.3 Å². The Morgan fingerprint density at radius 1 is 1.67 bits per heavy atom. The number of nitrogens with zero attached hydrogens (tertiary/aromatic N) is 1. The molecule has 0 aromatic carbocycles. The Hall–Kier alpha value is -0.830. The van der Waals surface area contributed by atoms with E-state index in [-0.39, 0.29) is 0 Å². The smallest absolute Gasteiger partial charge is 0.120 e. The van der Waals surface area contributed by atoms with Crippen molar-refractivity contribution in [1.82, 2.24) is 4.57 Å². The van der Waals surface area contributed by atoms with Crippen LogP contribution in [-0.2, 0) is 6.54 Å². The molecule has 0 aliphatic rings. The van der Waals surface area contributed by atoms with Gasteiger partial charge in [0, 0.05) is 12.7 Å². The predicted molar refractivity (Wildman–Crippen MR) is 55.2 cm³/mol. The first-order chi connectivity index (χ1) is 5.61. The van der Waals surface area contributed by atoms with Gasteiger partial charge >= 0.3 is 0 Å². The van der Waals surface area contributed by atoms with Gasteiger partial charge in [-0.05, 0) is 18.1 Å². The van der Waals surface area contributed by atoms with Crippen LogP contribution in [-0.4, -0.2) is 9.56 Å². The van der Waals surface area contributed by atoms with Crippen molar-refractivity contribution in [2.24, 2.45) is 11.7 Å². The van der Waals surface area contributed by atoms with Crippen LogP contribution < -0.4 is 5.73 Å². The molecular formula is C9H14N2S. The summed E-state index contributed by atoms with van der Waals surface area (Å²) in [7, 11) is 0. The van der Waals surface area contributed by atoms with Gasteiger partial charge in [0.05, 0.1) is 5.69 Å². The quantitative estimate of drug-likeness (QED) is 0.722. The zero-order chi connectivity index (χ0) is 9.14. The second kappa shape index (κ2) is 3.72. The topological polar surface area (TPSA) is 30.9 Å². The van der Waals surface area contributed by atoms with Gasteiger partial charge in [-0.1, -0.05) is 26.1 Å². The van der Waals surface area contributed by atoms with E-state index in [4.69, 9.17) is 18.0 Å². The molecule has 1 aromatic rings. The van der Waals surface area contributed by atoms with Crippen LogP contribution in [0.25, 0.3) is 0 Å². The third-order valence-corrected chi connectivity index (χ3v) is 1.85. The van der Waals surface area contributed by atoms with Crippen LogP contribution in [0.3, 0.4) is 0 Å². The van der Waals surface area contributed by atoms with E-state index in [2.05, 4.69) is 18.4 Å². The summed E-state index contributed by atoms with van der Waals surface area (Å²) in [6.07, 6.45) is 2.01. The average Bonchev–Trinajstić information content (AvgIpc) is 2.33. The minimum Gasteiger partial charge on any atom is -0.388 e. The molecule has 0 bridgehead atoms. The van der Waals surface area contributed by atoms with Crippen molar-refractivity contribution in [2.45, 2.75) is 20.4 Å². The molecular weight excluding hydrogens is 168 g/mol. The highest BCUT2D eigenvalue weighted by molar-refractivity contribution is 7.80. The second-order valence-corrected chi connectivity index (χ2v) is 3.74. The zero-order valence-corrected chi connectivity index (χ0v) is 8.27. The van der Waals surface area contributed by atoms with E-state index < -0.39 is 0 Å². The van der Waals surface area contributed by atoms with Gasteiger partial charge in [-0.25, -0.2) is 0 Å². The summed E-state index contributed by atoms with van der Waals surface area (Å²) in [6, 6.07) is 3.92. The van der Waals surface area contributed by atoms with Gasteiger partial charge in [0.15, 0.2) is 0 Å². The molecule has 12 heavy (non-hydrogen) atoms. The van der Waals surface area contributed by atoms with Crippen molar-refractivity contribution >= 4 is 17.2 Å². The van der Waals surface area contributed by atoms with E-state index in [9.17, 15) is 0 Å². The van der Waals surface area contributed by atoms with E-state index in [0.29, 0.717) is 10.9 Å². The van der Waals surface area contributed by atoms with Crippen LogP contribution >= 0.6 is 12.2 Å². The van der Waals surface area contributed by atoms with E-state index in [1.807, 2.05) is 18.3 Å². The lowest BCUT2D eigenvalue weighted by molar-refractivity contribution is 0.523. The number of hydrogen-bond acceptors (Lipinski definition) is 1. The van der Waals surface area contributed by atoms with Crippen molar-refractivity contribution < 1.29 is 0 Å². The van der Waals surface area contributed by atoms with Crippen molar-refractivity contribution in [3.63, 3.8) is 0 Å². The molecule has 0 saturated carbocycles. The molecule has 1 heterocycles. The Morgan fingerprint density at radius 3 is 2.83 bits per heavy atom. The van der Waals surface area contributed by atoms with Crippen LogP contribution in [0.2, 0.25) is 0 Å². The van der Waals surface area contributed by atoms with Crippen LogP contribution in [0.1, 0.15) is 19.5 Å². The maximum absolute atomic E-state index is 5.55. The average molecular weight is 182 g/mol. The lowest BCUT2D eigenvalue weighted by Gasteiger charge is -2.09. The largest absolute Gasteiger partial charge is 0.388 e. The van der Waals surface area contributed by atoms with E-state index in [1.165, 1.54) is 0 Å². The molecule has 1 aromatic heterocycles. The standard InChI is InChI=1S/C9H14N2S/c1-7(2)6-11-5-3-4-8(11)9(10)12/h3-5,7H,6H2,1-2H3,(H2,10,12). The van der Waals surface area contributed by atoms with Crippen LogP contribution in [0.4, 0.5) is 0 Å². The number of hydrogen-bond donors (Lipinski definition) is 1. The molecule has 0 atom stereocenters. The summed E-state index contributed by atoms with van der Waals surface area (Å²) in [5.41, 5.74) is 6.50. The fourth-order valence-electron chi connectivity index (χ4n) is 1.19. The molecule has 0 saturated heterocycles. The van der Waals surface area contributed by atoms with Crippen molar-refractivity contribution in [3.8, 4) is 0 Å². The van der Waals surface area contributed by atoms with Crippen molar-refractivity contribution in [1.29, 1.82) is 0 Å². The molecule has 0 amide bonds. The summed E-state index contributed by atoms with van der Waals surface area (Å²) in [5.74, 6) is 0.616. The van der Waals surface area contributed by atoms with Crippen LogP contribution in [0.5, 0.6) is 0 Å². The fourth-order valence-corrected chi connectivity index (χ4v) is 1.38. The molecule has 66 valence electrons. The van der Waals surface area contributed by atoms with Gasteiger partial charge in [-0.2, -0.15) is 0 Å². The lowest BCUT2D eigenvalue weighted by atomic mass is 10.2. The summed E-state index contributed by atoms with van der Waals surface area (Å²) < 4.78 is 2.09. The molecule has 3 heteroatoms. The maximum Gasteiger partial charge on any atom is 0.120 e. The zero-order valence-electron chi connectivity index (χ0n) is 7.45. The minimum atomic E-state index is 0.473. The van der Waals surface area contributed by atoms with Gasteiger partial charge in [0.25, 0.3) is 0 Å². The fraction of sp³-hybridized carbons (Fsp3) is 0.444. The molecule has 0 spiro atoms. The highest BCUT2D eigenvalue weighted by atomic mass is 32.1. The van der Waals surface area contributed by atoms with Crippen molar-refractivity contribution in [3.05, 3.63) is 24.0 Å². The molecule has 0 aliphatic heterocycles. The number of rotatable bonds is 3. The predicted octanol–water partition coefficient (Wildman–Crippen LogP) is 1.78. The molecule has 0 aliphatic carbocycles. The first-order valence-electron chi connectivity index (χ1n) is 4.06. The molecule has 2 nitrogen and oxygen atoms in total. The summed E-state index contributed by atoms with van der Waals surface area (Å²) >= 11 is 4.91. The lowest BCUT2D eigenvalue weighted by Crippen LogP contribution is -2.16. The summed E-state index contributed by atoms with van der Waals surface area (Å²) in [6.45, 7) is 5.31. The highest BCUT2D eigenvalue weighted by Crippen LogP contribution is 2.06. The third-order valence-electron chi connectivity index (χ3n) is 1.64. The molecule has 0 radical (unpaired) electrons. The molecule has 0 unspecified atom stereocenters.